The van der Waals surface area contributed by atoms with E-state index in [1.54, 1.807) is 18.2 Å². The second kappa shape index (κ2) is 9.46. The van der Waals surface area contributed by atoms with Crippen LogP contribution in [0.2, 0.25) is 0 Å². The van der Waals surface area contributed by atoms with Gasteiger partial charge in [0, 0.05) is 17.3 Å². The number of carbonyl (C=O) groups is 2. The number of nitrogens with one attached hydrogen (secondary N) is 2. The Morgan fingerprint density at radius 1 is 0.935 bits per heavy atom. The van der Waals surface area contributed by atoms with Crippen LogP contribution in [0.15, 0.2) is 30.3 Å². The standard InChI is InChI=1S/C22H26N2O7/c1-12(2)19(22(26)23-14-6-7-15-16(10-14)31-11-30-15)24-21(25)13-8-17(27-3)20(29-5)18(9-13)28-4/h6-10,12,19H,11H2,1-5H3,(H,23,26)(H,24,25)/t19-/m0/s1. The van der Waals surface area contributed by atoms with E-state index in [0.29, 0.717) is 34.4 Å². The normalized spacial score (nSPS) is 12.8. The fourth-order valence-electron chi connectivity index (χ4n) is 3.17. The first kappa shape index (κ1) is 22.1. The van der Waals surface area contributed by atoms with Gasteiger partial charge in [0.1, 0.15) is 6.04 Å². The molecule has 1 atom stereocenters. The summed E-state index contributed by atoms with van der Waals surface area (Å²) in [6, 6.07) is 7.39. The summed E-state index contributed by atoms with van der Waals surface area (Å²) in [5, 5.41) is 5.60. The van der Waals surface area contributed by atoms with E-state index in [9.17, 15) is 9.59 Å². The van der Waals surface area contributed by atoms with Gasteiger partial charge in [-0.3, -0.25) is 9.59 Å². The molecular weight excluding hydrogens is 404 g/mol. The summed E-state index contributed by atoms with van der Waals surface area (Å²) in [5.74, 6) is 1.28. The van der Waals surface area contributed by atoms with E-state index in [2.05, 4.69) is 10.6 Å². The van der Waals surface area contributed by atoms with Crippen LogP contribution in [0, 0.1) is 5.92 Å². The minimum Gasteiger partial charge on any atom is -0.493 e. The van der Waals surface area contributed by atoms with Crippen LogP contribution < -0.4 is 34.3 Å². The van der Waals surface area contributed by atoms with Crippen LogP contribution in [0.4, 0.5) is 5.69 Å². The third-order valence-electron chi connectivity index (χ3n) is 4.80. The molecule has 9 nitrogen and oxygen atoms in total. The fourth-order valence-corrected chi connectivity index (χ4v) is 3.17. The van der Waals surface area contributed by atoms with Crippen LogP contribution in [-0.2, 0) is 4.79 Å². The maximum Gasteiger partial charge on any atom is 0.252 e. The highest BCUT2D eigenvalue weighted by Crippen LogP contribution is 2.38. The zero-order valence-electron chi connectivity index (χ0n) is 18.1. The molecule has 2 aromatic rings. The summed E-state index contributed by atoms with van der Waals surface area (Å²) in [7, 11) is 4.42. The molecule has 166 valence electrons. The van der Waals surface area contributed by atoms with Gasteiger partial charge in [0.05, 0.1) is 21.3 Å². The molecule has 9 heteroatoms. The lowest BCUT2D eigenvalue weighted by Gasteiger charge is -2.22. The molecule has 2 N–H and O–H groups in total. The Balaban J connectivity index is 1.78. The molecule has 0 spiro atoms. The smallest absolute Gasteiger partial charge is 0.252 e. The third-order valence-corrected chi connectivity index (χ3v) is 4.80. The second-order valence-electron chi connectivity index (χ2n) is 7.17. The van der Waals surface area contributed by atoms with Crippen LogP contribution in [0.25, 0.3) is 0 Å². The Kier molecular flexibility index (Phi) is 6.74. The number of carbonyl (C=O) groups excluding carboxylic acids is 2. The molecule has 2 amide bonds. The molecule has 0 radical (unpaired) electrons. The van der Waals surface area contributed by atoms with E-state index in [1.165, 1.54) is 33.5 Å². The molecule has 1 heterocycles. The van der Waals surface area contributed by atoms with E-state index < -0.39 is 11.9 Å². The first-order chi connectivity index (χ1) is 14.9. The summed E-state index contributed by atoms with van der Waals surface area (Å²) >= 11 is 0. The van der Waals surface area contributed by atoms with Gasteiger partial charge in [-0.15, -0.1) is 0 Å². The van der Waals surface area contributed by atoms with Crippen molar-refractivity contribution in [2.45, 2.75) is 19.9 Å². The second-order valence-corrected chi connectivity index (χ2v) is 7.17. The first-order valence-corrected chi connectivity index (χ1v) is 9.69. The van der Waals surface area contributed by atoms with Gasteiger partial charge in [-0.05, 0) is 30.2 Å². The van der Waals surface area contributed by atoms with Crippen molar-refractivity contribution in [3.05, 3.63) is 35.9 Å². The van der Waals surface area contributed by atoms with Crippen molar-refractivity contribution in [3.63, 3.8) is 0 Å². The van der Waals surface area contributed by atoms with Gasteiger partial charge in [-0.1, -0.05) is 13.8 Å². The van der Waals surface area contributed by atoms with Crippen molar-refractivity contribution in [1.82, 2.24) is 5.32 Å². The summed E-state index contributed by atoms with van der Waals surface area (Å²) in [5.41, 5.74) is 0.818. The highest BCUT2D eigenvalue weighted by Gasteiger charge is 2.27. The van der Waals surface area contributed by atoms with E-state index >= 15 is 0 Å². The highest BCUT2D eigenvalue weighted by atomic mass is 16.7. The Hall–Kier alpha value is -3.62. The van der Waals surface area contributed by atoms with Crippen molar-refractivity contribution in [1.29, 1.82) is 0 Å². The summed E-state index contributed by atoms with van der Waals surface area (Å²) in [6.07, 6.45) is 0. The van der Waals surface area contributed by atoms with Gasteiger partial charge >= 0.3 is 0 Å². The molecule has 0 unspecified atom stereocenters. The van der Waals surface area contributed by atoms with Gasteiger partial charge in [0.15, 0.2) is 23.0 Å². The SMILES string of the molecule is COc1cc(C(=O)N[C@H](C(=O)Nc2ccc3c(c2)OCO3)C(C)C)cc(OC)c1OC. The first-order valence-electron chi connectivity index (χ1n) is 9.69. The maximum absolute atomic E-state index is 12.9. The fraction of sp³-hybridized carbons (Fsp3) is 0.364. The zero-order chi connectivity index (χ0) is 22.5. The largest absolute Gasteiger partial charge is 0.493 e. The molecular formula is C22H26N2O7. The van der Waals surface area contributed by atoms with E-state index in [0.717, 1.165) is 0 Å². The molecule has 3 rings (SSSR count). The predicted octanol–water partition coefficient (Wildman–Crippen LogP) is 2.83. The molecule has 0 saturated heterocycles. The topological polar surface area (TPSA) is 104 Å². The maximum atomic E-state index is 12.9. The highest BCUT2D eigenvalue weighted by molar-refractivity contribution is 6.02. The summed E-state index contributed by atoms with van der Waals surface area (Å²) in [4.78, 5) is 25.8. The number of hydrogen-bond acceptors (Lipinski definition) is 7. The summed E-state index contributed by atoms with van der Waals surface area (Å²) in [6.45, 7) is 3.84. The lowest BCUT2D eigenvalue weighted by molar-refractivity contribution is -0.118. The molecule has 0 fully saturated rings. The molecule has 2 aromatic carbocycles. The number of rotatable bonds is 8. The Morgan fingerprint density at radius 3 is 2.16 bits per heavy atom. The minimum absolute atomic E-state index is 0.145. The lowest BCUT2D eigenvalue weighted by atomic mass is 10.0. The molecule has 1 aliphatic heterocycles. The van der Waals surface area contributed by atoms with Gasteiger partial charge in [-0.25, -0.2) is 0 Å². The van der Waals surface area contributed by atoms with Crippen molar-refractivity contribution in [2.75, 3.05) is 33.4 Å². The molecule has 1 aliphatic rings. The minimum atomic E-state index is -0.781. The number of amides is 2. The molecule has 0 aliphatic carbocycles. The van der Waals surface area contributed by atoms with E-state index in [4.69, 9.17) is 23.7 Å². The Morgan fingerprint density at radius 2 is 1.58 bits per heavy atom. The Bertz CT molecular complexity index is 949. The van der Waals surface area contributed by atoms with Crippen molar-refractivity contribution in [2.24, 2.45) is 5.92 Å². The van der Waals surface area contributed by atoms with Crippen LogP contribution >= 0.6 is 0 Å². The van der Waals surface area contributed by atoms with Crippen LogP contribution in [-0.4, -0.2) is 46.0 Å². The van der Waals surface area contributed by atoms with Gasteiger partial charge < -0.3 is 34.3 Å². The molecule has 0 saturated carbocycles. The number of benzene rings is 2. The predicted molar refractivity (Wildman–Crippen MR) is 113 cm³/mol. The Labute approximate surface area is 180 Å². The number of hydrogen-bond donors (Lipinski definition) is 2. The average molecular weight is 430 g/mol. The van der Waals surface area contributed by atoms with Gasteiger partial charge in [-0.2, -0.15) is 0 Å². The van der Waals surface area contributed by atoms with Crippen molar-refractivity contribution < 1.29 is 33.3 Å². The van der Waals surface area contributed by atoms with Crippen LogP contribution in [0.1, 0.15) is 24.2 Å². The van der Waals surface area contributed by atoms with Crippen molar-refractivity contribution in [3.8, 4) is 28.7 Å². The van der Waals surface area contributed by atoms with E-state index in [1.807, 2.05) is 13.8 Å². The van der Waals surface area contributed by atoms with Gasteiger partial charge in [0.25, 0.3) is 5.91 Å². The van der Waals surface area contributed by atoms with Crippen molar-refractivity contribution >= 4 is 17.5 Å². The average Bonchev–Trinajstić information content (AvgIpc) is 3.23. The number of methoxy groups -OCH3 is 3. The van der Waals surface area contributed by atoms with E-state index in [-0.39, 0.29) is 24.2 Å². The molecule has 31 heavy (non-hydrogen) atoms. The monoisotopic (exact) mass is 430 g/mol. The number of ether oxygens (including phenoxy) is 5. The zero-order valence-corrected chi connectivity index (χ0v) is 18.1. The summed E-state index contributed by atoms with van der Waals surface area (Å²) < 4.78 is 26.5. The van der Waals surface area contributed by atoms with Crippen LogP contribution in [0.5, 0.6) is 28.7 Å². The number of anilines is 1. The quantitative estimate of drug-likeness (QED) is 0.664. The number of fused-ring (bicyclic) bond motifs is 1. The van der Waals surface area contributed by atoms with Gasteiger partial charge in [0.2, 0.25) is 18.4 Å². The molecule has 0 aromatic heterocycles. The molecule has 0 bridgehead atoms. The third kappa shape index (κ3) is 4.76. The lowest BCUT2D eigenvalue weighted by Crippen LogP contribution is -2.47. The van der Waals surface area contributed by atoms with Crippen LogP contribution in [0.3, 0.4) is 0 Å².